The zero-order valence-corrected chi connectivity index (χ0v) is 10.0. The average Bonchev–Trinajstić information content (AvgIpc) is 2.50. The summed E-state index contributed by atoms with van der Waals surface area (Å²) < 4.78 is 10.1. The van der Waals surface area contributed by atoms with Gasteiger partial charge in [-0.15, -0.1) is 0 Å². The van der Waals surface area contributed by atoms with Crippen molar-refractivity contribution in [1.29, 1.82) is 0 Å². The third kappa shape index (κ3) is 3.64. The summed E-state index contributed by atoms with van der Waals surface area (Å²) in [5.41, 5.74) is 2.20. The molecular formula is C11H20N2O2. The second-order valence-electron chi connectivity index (χ2n) is 3.89. The Morgan fingerprint density at radius 1 is 1.40 bits per heavy atom. The van der Waals surface area contributed by atoms with Crippen molar-refractivity contribution in [3.63, 3.8) is 0 Å². The van der Waals surface area contributed by atoms with Crippen molar-refractivity contribution >= 4 is 0 Å². The first-order chi connectivity index (χ1) is 7.15. The topological polar surface area (TPSA) is 38.5 Å². The molecule has 0 radical (unpaired) electrons. The van der Waals surface area contributed by atoms with Gasteiger partial charge in [0.15, 0.2) is 0 Å². The maximum atomic E-state index is 5.12. The zero-order valence-electron chi connectivity index (χ0n) is 10.0. The SMILES string of the molecule is COCCCN(C)Cc1c(C)noc1C. The van der Waals surface area contributed by atoms with E-state index in [1.807, 2.05) is 13.8 Å². The van der Waals surface area contributed by atoms with Crippen LogP contribution in [0.5, 0.6) is 0 Å². The fourth-order valence-corrected chi connectivity index (χ4v) is 1.56. The smallest absolute Gasteiger partial charge is 0.138 e. The summed E-state index contributed by atoms with van der Waals surface area (Å²) in [7, 11) is 3.83. The van der Waals surface area contributed by atoms with Gasteiger partial charge in [0, 0.05) is 32.4 Å². The molecule has 0 atom stereocenters. The monoisotopic (exact) mass is 212 g/mol. The summed E-state index contributed by atoms with van der Waals surface area (Å²) in [5.74, 6) is 0.922. The van der Waals surface area contributed by atoms with Crippen LogP contribution >= 0.6 is 0 Å². The fraction of sp³-hybridized carbons (Fsp3) is 0.727. The van der Waals surface area contributed by atoms with E-state index in [4.69, 9.17) is 9.26 Å². The summed E-state index contributed by atoms with van der Waals surface area (Å²) in [6, 6.07) is 0. The lowest BCUT2D eigenvalue weighted by atomic mass is 10.2. The minimum absolute atomic E-state index is 0.811. The summed E-state index contributed by atoms with van der Waals surface area (Å²) in [6.45, 7) is 6.67. The molecule has 0 aliphatic carbocycles. The normalized spacial score (nSPS) is 11.3. The molecule has 1 heterocycles. The number of methoxy groups -OCH3 is 1. The van der Waals surface area contributed by atoms with Gasteiger partial charge in [0.25, 0.3) is 0 Å². The lowest BCUT2D eigenvalue weighted by Gasteiger charge is -2.15. The molecule has 15 heavy (non-hydrogen) atoms. The molecule has 1 aromatic heterocycles. The van der Waals surface area contributed by atoms with Crippen molar-refractivity contribution in [2.45, 2.75) is 26.8 Å². The Kier molecular flexibility index (Phi) is 4.78. The second kappa shape index (κ2) is 5.88. The molecule has 0 amide bonds. The molecule has 0 aliphatic heterocycles. The summed E-state index contributed by atoms with van der Waals surface area (Å²) in [6.07, 6.45) is 1.05. The van der Waals surface area contributed by atoms with Crippen molar-refractivity contribution in [3.8, 4) is 0 Å². The Balaban J connectivity index is 2.40. The molecule has 0 fully saturated rings. The van der Waals surface area contributed by atoms with Crippen molar-refractivity contribution in [3.05, 3.63) is 17.0 Å². The van der Waals surface area contributed by atoms with E-state index in [9.17, 15) is 0 Å². The second-order valence-corrected chi connectivity index (χ2v) is 3.89. The van der Waals surface area contributed by atoms with E-state index in [0.717, 1.165) is 37.6 Å². The van der Waals surface area contributed by atoms with Crippen LogP contribution < -0.4 is 0 Å². The van der Waals surface area contributed by atoms with Crippen LogP contribution in [0.3, 0.4) is 0 Å². The molecular weight excluding hydrogens is 192 g/mol. The van der Waals surface area contributed by atoms with E-state index in [0.29, 0.717) is 0 Å². The lowest BCUT2D eigenvalue weighted by molar-refractivity contribution is 0.178. The Bertz CT molecular complexity index is 277. The van der Waals surface area contributed by atoms with E-state index in [1.54, 1.807) is 7.11 Å². The third-order valence-electron chi connectivity index (χ3n) is 2.50. The van der Waals surface area contributed by atoms with Gasteiger partial charge in [0.05, 0.1) is 5.69 Å². The van der Waals surface area contributed by atoms with Gasteiger partial charge >= 0.3 is 0 Å². The summed E-state index contributed by atoms with van der Waals surface area (Å²) >= 11 is 0. The van der Waals surface area contributed by atoms with E-state index >= 15 is 0 Å². The number of hydrogen-bond donors (Lipinski definition) is 0. The average molecular weight is 212 g/mol. The number of rotatable bonds is 6. The molecule has 0 aliphatic rings. The van der Waals surface area contributed by atoms with E-state index in [2.05, 4.69) is 17.1 Å². The largest absolute Gasteiger partial charge is 0.385 e. The minimum atomic E-state index is 0.811. The molecule has 0 bridgehead atoms. The third-order valence-corrected chi connectivity index (χ3v) is 2.50. The molecule has 0 spiro atoms. The number of aromatic nitrogens is 1. The Labute approximate surface area is 91.2 Å². The van der Waals surface area contributed by atoms with Crippen LogP contribution in [0.25, 0.3) is 0 Å². The van der Waals surface area contributed by atoms with Gasteiger partial charge in [-0.2, -0.15) is 0 Å². The van der Waals surface area contributed by atoms with Crippen LogP contribution in [0.4, 0.5) is 0 Å². The van der Waals surface area contributed by atoms with Gasteiger partial charge in [-0.1, -0.05) is 5.16 Å². The van der Waals surface area contributed by atoms with Crippen molar-refractivity contribution in [1.82, 2.24) is 10.1 Å². The number of aryl methyl sites for hydroxylation is 2. The zero-order chi connectivity index (χ0) is 11.3. The molecule has 0 aromatic carbocycles. The highest BCUT2D eigenvalue weighted by atomic mass is 16.5. The van der Waals surface area contributed by atoms with Crippen molar-refractivity contribution < 1.29 is 9.26 Å². The number of nitrogens with zero attached hydrogens (tertiary/aromatic N) is 2. The lowest BCUT2D eigenvalue weighted by Crippen LogP contribution is -2.20. The van der Waals surface area contributed by atoms with Crippen molar-refractivity contribution in [2.24, 2.45) is 0 Å². The maximum Gasteiger partial charge on any atom is 0.138 e. The Morgan fingerprint density at radius 2 is 2.13 bits per heavy atom. The fourth-order valence-electron chi connectivity index (χ4n) is 1.56. The standard InChI is InChI=1S/C11H20N2O2/c1-9-11(10(2)15-12-9)8-13(3)6-5-7-14-4/h5-8H2,1-4H3. The predicted octanol–water partition coefficient (Wildman–Crippen LogP) is 1.76. The molecule has 1 rings (SSSR count). The molecule has 4 heteroatoms. The number of ether oxygens (including phenoxy) is 1. The highest BCUT2D eigenvalue weighted by Crippen LogP contribution is 2.14. The van der Waals surface area contributed by atoms with Gasteiger partial charge < -0.3 is 14.2 Å². The summed E-state index contributed by atoms with van der Waals surface area (Å²) in [5, 5.41) is 3.94. The van der Waals surface area contributed by atoms with Crippen LogP contribution in [0, 0.1) is 13.8 Å². The molecule has 0 saturated carbocycles. The quantitative estimate of drug-likeness (QED) is 0.673. The molecule has 0 unspecified atom stereocenters. The first-order valence-electron chi connectivity index (χ1n) is 5.24. The van der Waals surface area contributed by atoms with Crippen LogP contribution in [-0.4, -0.2) is 37.4 Å². The highest BCUT2D eigenvalue weighted by molar-refractivity contribution is 5.20. The highest BCUT2D eigenvalue weighted by Gasteiger charge is 2.10. The van der Waals surface area contributed by atoms with Crippen LogP contribution in [-0.2, 0) is 11.3 Å². The van der Waals surface area contributed by atoms with Crippen molar-refractivity contribution in [2.75, 3.05) is 27.3 Å². The molecule has 4 nitrogen and oxygen atoms in total. The van der Waals surface area contributed by atoms with Gasteiger partial charge in [-0.05, 0) is 27.3 Å². The molecule has 0 saturated heterocycles. The first kappa shape index (κ1) is 12.2. The summed E-state index contributed by atoms with van der Waals surface area (Å²) in [4.78, 5) is 2.26. The van der Waals surface area contributed by atoms with Gasteiger partial charge in [0.2, 0.25) is 0 Å². The maximum absolute atomic E-state index is 5.12. The predicted molar refractivity (Wildman–Crippen MR) is 58.8 cm³/mol. The Hall–Kier alpha value is -0.870. The van der Waals surface area contributed by atoms with Gasteiger partial charge in [0.1, 0.15) is 5.76 Å². The Morgan fingerprint density at radius 3 is 2.67 bits per heavy atom. The van der Waals surface area contributed by atoms with E-state index in [-0.39, 0.29) is 0 Å². The number of hydrogen-bond acceptors (Lipinski definition) is 4. The van der Waals surface area contributed by atoms with Gasteiger partial charge in [-0.3, -0.25) is 0 Å². The molecule has 0 N–H and O–H groups in total. The van der Waals surface area contributed by atoms with Gasteiger partial charge in [-0.25, -0.2) is 0 Å². The molecule has 86 valence electrons. The molecule has 1 aromatic rings. The van der Waals surface area contributed by atoms with Crippen LogP contribution in [0.2, 0.25) is 0 Å². The van der Waals surface area contributed by atoms with E-state index in [1.165, 1.54) is 5.56 Å². The van der Waals surface area contributed by atoms with E-state index < -0.39 is 0 Å². The van der Waals surface area contributed by atoms with Crippen LogP contribution in [0.15, 0.2) is 4.52 Å². The first-order valence-corrected chi connectivity index (χ1v) is 5.24. The minimum Gasteiger partial charge on any atom is -0.385 e. The van der Waals surface area contributed by atoms with Crippen LogP contribution in [0.1, 0.15) is 23.4 Å².